The molecule has 0 saturated heterocycles. The maximum atomic E-state index is 13.3. The lowest BCUT2D eigenvalue weighted by atomic mass is 9.83. The number of nitrogens with one attached hydrogen (secondary N) is 2. The number of pyridine rings is 1. The topological polar surface area (TPSA) is 88.4 Å². The molecule has 0 unspecified atom stereocenters. The molecule has 1 aliphatic rings. The standard InChI is InChI=1S/C25H30FN5O2/c1-15(2)29-24-21(25(33)30-20-7-4-17(5-8-20)10-16(3)32)13-28-31-14-18(11-23(24)31)22-9-6-19(26)12-27-22/h6,9,11-15,17,20,29H,4-5,7-8,10H2,1-3H3,(H,30,33). The summed E-state index contributed by atoms with van der Waals surface area (Å²) >= 11 is 0. The lowest BCUT2D eigenvalue weighted by Gasteiger charge is -2.29. The van der Waals surface area contributed by atoms with Crippen molar-refractivity contribution in [2.45, 2.75) is 65.0 Å². The number of hydrogen-bond donors (Lipinski definition) is 2. The van der Waals surface area contributed by atoms with Crippen molar-refractivity contribution >= 4 is 22.9 Å². The van der Waals surface area contributed by atoms with Crippen LogP contribution in [0.3, 0.4) is 0 Å². The first-order chi connectivity index (χ1) is 15.8. The van der Waals surface area contributed by atoms with Crippen LogP contribution in [0.25, 0.3) is 16.8 Å². The van der Waals surface area contributed by atoms with Gasteiger partial charge in [0, 0.05) is 30.3 Å². The first-order valence-corrected chi connectivity index (χ1v) is 11.5. The third-order valence-corrected chi connectivity index (χ3v) is 6.10. The Hall–Kier alpha value is -3.29. The van der Waals surface area contributed by atoms with Gasteiger partial charge in [0.25, 0.3) is 5.91 Å². The van der Waals surface area contributed by atoms with Crippen LogP contribution in [0.2, 0.25) is 0 Å². The van der Waals surface area contributed by atoms with E-state index in [2.05, 4.69) is 20.7 Å². The summed E-state index contributed by atoms with van der Waals surface area (Å²) in [7, 11) is 0. The Kier molecular flexibility index (Phi) is 6.72. The number of Topliss-reactive ketones (excluding diaryl/α,β-unsaturated/α-hetero) is 1. The Labute approximate surface area is 192 Å². The first kappa shape index (κ1) is 22.9. The minimum atomic E-state index is -0.392. The Morgan fingerprint density at radius 3 is 2.58 bits per heavy atom. The zero-order valence-corrected chi connectivity index (χ0v) is 19.3. The molecule has 0 spiro atoms. The van der Waals surface area contributed by atoms with E-state index in [0.29, 0.717) is 29.3 Å². The molecule has 8 heteroatoms. The molecule has 2 N–H and O–H groups in total. The van der Waals surface area contributed by atoms with E-state index in [1.54, 1.807) is 23.7 Å². The molecule has 33 heavy (non-hydrogen) atoms. The van der Waals surface area contributed by atoms with Crippen molar-refractivity contribution in [3.8, 4) is 11.3 Å². The summed E-state index contributed by atoms with van der Waals surface area (Å²) in [6.07, 6.45) is 8.85. The highest BCUT2D eigenvalue weighted by molar-refractivity contribution is 6.03. The van der Waals surface area contributed by atoms with E-state index in [1.165, 1.54) is 12.3 Å². The molecule has 0 aromatic carbocycles. The Morgan fingerprint density at radius 1 is 1.18 bits per heavy atom. The van der Waals surface area contributed by atoms with E-state index in [0.717, 1.165) is 36.8 Å². The van der Waals surface area contributed by atoms with Gasteiger partial charge in [-0.15, -0.1) is 0 Å². The molecular formula is C25H30FN5O2. The number of aromatic nitrogens is 3. The fraction of sp³-hybridized carbons (Fsp3) is 0.440. The van der Waals surface area contributed by atoms with E-state index in [9.17, 15) is 14.0 Å². The summed E-state index contributed by atoms with van der Waals surface area (Å²) in [5.74, 6) is 0.0997. The molecule has 174 valence electrons. The molecule has 3 aromatic heterocycles. The van der Waals surface area contributed by atoms with E-state index in [1.807, 2.05) is 26.1 Å². The number of anilines is 1. The number of ketones is 1. The van der Waals surface area contributed by atoms with E-state index < -0.39 is 5.82 Å². The van der Waals surface area contributed by atoms with Crippen molar-refractivity contribution in [1.82, 2.24) is 19.9 Å². The molecule has 0 bridgehead atoms. The highest BCUT2D eigenvalue weighted by Crippen LogP contribution is 2.30. The number of carbonyl (C=O) groups excluding carboxylic acids is 2. The number of halogens is 1. The SMILES string of the molecule is CC(=O)CC1CCC(NC(=O)c2cnn3cc(-c4ccc(F)cn4)cc3c2NC(C)C)CC1. The molecule has 0 aliphatic heterocycles. The van der Waals surface area contributed by atoms with E-state index in [4.69, 9.17) is 0 Å². The van der Waals surface area contributed by atoms with Crippen LogP contribution in [-0.4, -0.2) is 38.4 Å². The fourth-order valence-corrected chi connectivity index (χ4v) is 4.54. The zero-order valence-electron chi connectivity index (χ0n) is 19.3. The molecule has 1 fully saturated rings. The highest BCUT2D eigenvalue weighted by Gasteiger charge is 2.25. The van der Waals surface area contributed by atoms with Crippen LogP contribution in [-0.2, 0) is 4.79 Å². The lowest BCUT2D eigenvalue weighted by molar-refractivity contribution is -0.118. The Morgan fingerprint density at radius 2 is 1.94 bits per heavy atom. The van der Waals surface area contributed by atoms with Gasteiger partial charge in [-0.25, -0.2) is 8.91 Å². The maximum absolute atomic E-state index is 13.3. The van der Waals surface area contributed by atoms with Crippen molar-refractivity contribution in [3.63, 3.8) is 0 Å². The third kappa shape index (κ3) is 5.38. The van der Waals surface area contributed by atoms with Gasteiger partial charge < -0.3 is 15.4 Å². The maximum Gasteiger partial charge on any atom is 0.255 e. The number of amides is 1. The lowest BCUT2D eigenvalue weighted by Crippen LogP contribution is -2.38. The van der Waals surface area contributed by atoms with Crippen LogP contribution < -0.4 is 10.6 Å². The summed E-state index contributed by atoms with van der Waals surface area (Å²) in [6, 6.07) is 5.09. The molecule has 3 aromatic rings. The second kappa shape index (κ2) is 9.68. The summed E-state index contributed by atoms with van der Waals surface area (Å²) in [6.45, 7) is 5.67. The van der Waals surface area contributed by atoms with Gasteiger partial charge in [0.05, 0.1) is 34.9 Å². The van der Waals surface area contributed by atoms with Crippen molar-refractivity contribution < 1.29 is 14.0 Å². The molecule has 4 rings (SSSR count). The van der Waals surface area contributed by atoms with Gasteiger partial charge in [0.2, 0.25) is 0 Å². The van der Waals surface area contributed by atoms with Crippen LogP contribution in [0.5, 0.6) is 0 Å². The Bertz CT molecular complexity index is 1150. The highest BCUT2D eigenvalue weighted by atomic mass is 19.1. The largest absolute Gasteiger partial charge is 0.380 e. The molecule has 1 aliphatic carbocycles. The van der Waals surface area contributed by atoms with Gasteiger partial charge in [-0.2, -0.15) is 5.10 Å². The molecule has 3 heterocycles. The zero-order chi connectivity index (χ0) is 23.5. The molecule has 0 atom stereocenters. The molecule has 7 nitrogen and oxygen atoms in total. The summed E-state index contributed by atoms with van der Waals surface area (Å²) in [5, 5.41) is 11.0. The van der Waals surface area contributed by atoms with Gasteiger partial charge in [0.1, 0.15) is 11.6 Å². The monoisotopic (exact) mass is 451 g/mol. The van der Waals surface area contributed by atoms with Crippen molar-refractivity contribution in [1.29, 1.82) is 0 Å². The van der Waals surface area contributed by atoms with Crippen molar-refractivity contribution in [2.75, 3.05) is 5.32 Å². The second-order valence-electron chi connectivity index (χ2n) is 9.25. The van der Waals surface area contributed by atoms with Crippen LogP contribution in [0.4, 0.5) is 10.1 Å². The third-order valence-electron chi connectivity index (χ3n) is 6.10. The van der Waals surface area contributed by atoms with Crippen LogP contribution in [0.15, 0.2) is 36.8 Å². The van der Waals surface area contributed by atoms with Gasteiger partial charge in [0.15, 0.2) is 0 Å². The fourth-order valence-electron chi connectivity index (χ4n) is 4.54. The Balaban J connectivity index is 1.58. The van der Waals surface area contributed by atoms with Crippen molar-refractivity contribution in [3.05, 3.63) is 48.2 Å². The molecule has 1 amide bonds. The van der Waals surface area contributed by atoms with E-state index >= 15 is 0 Å². The minimum absolute atomic E-state index is 0.0922. The van der Waals surface area contributed by atoms with Crippen LogP contribution >= 0.6 is 0 Å². The first-order valence-electron chi connectivity index (χ1n) is 11.5. The number of fused-ring (bicyclic) bond motifs is 1. The average Bonchev–Trinajstić information content (AvgIpc) is 3.20. The number of carbonyl (C=O) groups is 2. The molecule has 0 radical (unpaired) electrons. The van der Waals surface area contributed by atoms with Crippen molar-refractivity contribution in [2.24, 2.45) is 5.92 Å². The molecule has 1 saturated carbocycles. The predicted octanol–water partition coefficient (Wildman–Crippen LogP) is 4.62. The normalized spacial score (nSPS) is 18.5. The van der Waals surface area contributed by atoms with E-state index in [-0.39, 0.29) is 23.8 Å². The van der Waals surface area contributed by atoms with Gasteiger partial charge in [-0.1, -0.05) is 0 Å². The number of hydrogen-bond acceptors (Lipinski definition) is 5. The number of rotatable bonds is 7. The second-order valence-corrected chi connectivity index (χ2v) is 9.25. The van der Waals surface area contributed by atoms with Gasteiger partial charge in [-0.05, 0) is 70.6 Å². The minimum Gasteiger partial charge on any atom is -0.380 e. The van der Waals surface area contributed by atoms with Gasteiger partial charge >= 0.3 is 0 Å². The number of nitrogens with zero attached hydrogens (tertiary/aromatic N) is 3. The molecular weight excluding hydrogens is 421 g/mol. The predicted molar refractivity (Wildman–Crippen MR) is 126 cm³/mol. The quantitative estimate of drug-likeness (QED) is 0.547. The van der Waals surface area contributed by atoms with Crippen LogP contribution in [0, 0.1) is 11.7 Å². The van der Waals surface area contributed by atoms with Gasteiger partial charge in [-0.3, -0.25) is 9.78 Å². The smallest absolute Gasteiger partial charge is 0.255 e. The summed E-state index contributed by atoms with van der Waals surface area (Å²) in [5.41, 5.74) is 3.36. The van der Waals surface area contributed by atoms with Crippen LogP contribution in [0.1, 0.15) is 63.2 Å². The summed E-state index contributed by atoms with van der Waals surface area (Å²) in [4.78, 5) is 28.8. The summed E-state index contributed by atoms with van der Waals surface area (Å²) < 4.78 is 15.0. The average molecular weight is 452 g/mol.